The molecule has 0 bridgehead atoms. The largest absolute Gasteiger partial charge is 0.481 e. The number of carbonyl (C=O) groups is 2. The third-order valence-electron chi connectivity index (χ3n) is 3.56. The average Bonchev–Trinajstić information content (AvgIpc) is 2.60. The molecule has 0 unspecified atom stereocenters. The second-order valence-corrected chi connectivity index (χ2v) is 6.29. The van der Waals surface area contributed by atoms with Crippen LogP contribution in [-0.2, 0) is 22.6 Å². The summed E-state index contributed by atoms with van der Waals surface area (Å²) in [5.74, 6) is -0.510. The molecule has 1 heterocycles. The van der Waals surface area contributed by atoms with E-state index in [1.54, 1.807) is 6.92 Å². The topological polar surface area (TPSA) is 84.2 Å². The van der Waals surface area contributed by atoms with Crippen molar-refractivity contribution in [2.75, 3.05) is 0 Å². The van der Waals surface area contributed by atoms with Gasteiger partial charge in [0.25, 0.3) is 0 Å². The summed E-state index contributed by atoms with van der Waals surface area (Å²) in [7, 11) is 0. The summed E-state index contributed by atoms with van der Waals surface area (Å²) in [6.45, 7) is 10.9. The summed E-state index contributed by atoms with van der Waals surface area (Å²) in [5.41, 5.74) is 3.18. The number of nitrogens with one attached hydrogen (secondary N) is 1. The highest BCUT2D eigenvalue weighted by molar-refractivity contribution is 5.77. The van der Waals surface area contributed by atoms with E-state index >= 15 is 0 Å². The first-order chi connectivity index (χ1) is 10.2. The Kier molecular flexibility index (Phi) is 6.59. The maximum Gasteiger partial charge on any atom is 0.305 e. The SMILES string of the molecule is Cc1nn(CC(C)C)c(C)c1CCC(=O)N[C@@H](C)CC(=O)O. The molecule has 6 nitrogen and oxygen atoms in total. The Balaban J connectivity index is 2.59. The van der Waals surface area contributed by atoms with Crippen LogP contribution < -0.4 is 5.32 Å². The first kappa shape index (κ1) is 18.2. The fourth-order valence-corrected chi connectivity index (χ4v) is 2.52. The Bertz CT molecular complexity index is 535. The Labute approximate surface area is 131 Å². The van der Waals surface area contributed by atoms with Crippen molar-refractivity contribution >= 4 is 11.9 Å². The molecule has 1 aromatic heterocycles. The van der Waals surface area contributed by atoms with Gasteiger partial charge in [-0.1, -0.05) is 13.8 Å². The van der Waals surface area contributed by atoms with Gasteiger partial charge in [0, 0.05) is 24.7 Å². The fraction of sp³-hybridized carbons (Fsp3) is 0.688. The number of hydrogen-bond acceptors (Lipinski definition) is 3. The number of nitrogens with zero attached hydrogens (tertiary/aromatic N) is 2. The third kappa shape index (κ3) is 5.50. The average molecular weight is 309 g/mol. The van der Waals surface area contributed by atoms with Gasteiger partial charge < -0.3 is 10.4 Å². The van der Waals surface area contributed by atoms with Crippen LogP contribution in [0.15, 0.2) is 0 Å². The van der Waals surface area contributed by atoms with Crippen molar-refractivity contribution in [1.29, 1.82) is 0 Å². The molecular weight excluding hydrogens is 282 g/mol. The van der Waals surface area contributed by atoms with Crippen LogP contribution >= 0.6 is 0 Å². The van der Waals surface area contributed by atoms with Gasteiger partial charge in [0.1, 0.15) is 0 Å². The predicted octanol–water partition coefficient (Wildman–Crippen LogP) is 2.07. The molecule has 1 atom stereocenters. The van der Waals surface area contributed by atoms with Gasteiger partial charge in [-0.05, 0) is 38.7 Å². The lowest BCUT2D eigenvalue weighted by molar-refractivity contribution is -0.137. The zero-order valence-electron chi connectivity index (χ0n) is 14.1. The molecule has 0 saturated carbocycles. The predicted molar refractivity (Wildman–Crippen MR) is 84.7 cm³/mol. The zero-order chi connectivity index (χ0) is 16.9. The summed E-state index contributed by atoms with van der Waals surface area (Å²) in [6, 6.07) is -0.351. The highest BCUT2D eigenvalue weighted by Crippen LogP contribution is 2.16. The second-order valence-electron chi connectivity index (χ2n) is 6.29. The summed E-state index contributed by atoms with van der Waals surface area (Å²) >= 11 is 0. The summed E-state index contributed by atoms with van der Waals surface area (Å²) in [6.07, 6.45) is 0.913. The molecule has 0 spiro atoms. The van der Waals surface area contributed by atoms with E-state index in [0.29, 0.717) is 18.8 Å². The minimum absolute atomic E-state index is 0.0594. The monoisotopic (exact) mass is 309 g/mol. The second kappa shape index (κ2) is 7.96. The van der Waals surface area contributed by atoms with Crippen LogP contribution in [0.5, 0.6) is 0 Å². The molecule has 0 aliphatic rings. The van der Waals surface area contributed by atoms with E-state index in [1.807, 2.05) is 18.5 Å². The summed E-state index contributed by atoms with van der Waals surface area (Å²) in [5, 5.41) is 15.9. The van der Waals surface area contributed by atoms with Crippen LogP contribution in [0, 0.1) is 19.8 Å². The van der Waals surface area contributed by atoms with E-state index in [0.717, 1.165) is 23.5 Å². The summed E-state index contributed by atoms with van der Waals surface area (Å²) in [4.78, 5) is 22.5. The normalized spacial score (nSPS) is 12.5. The van der Waals surface area contributed by atoms with Gasteiger partial charge in [0.2, 0.25) is 5.91 Å². The van der Waals surface area contributed by atoms with Gasteiger partial charge >= 0.3 is 5.97 Å². The van der Waals surface area contributed by atoms with E-state index in [4.69, 9.17) is 5.11 Å². The highest BCUT2D eigenvalue weighted by Gasteiger charge is 2.15. The van der Waals surface area contributed by atoms with Crippen LogP contribution in [-0.4, -0.2) is 32.8 Å². The van der Waals surface area contributed by atoms with Crippen LogP contribution in [0.25, 0.3) is 0 Å². The maximum absolute atomic E-state index is 11.9. The number of hydrogen-bond donors (Lipinski definition) is 2. The molecule has 0 saturated heterocycles. The van der Waals surface area contributed by atoms with Crippen LogP contribution in [0.1, 0.15) is 50.6 Å². The number of aliphatic carboxylic acids is 1. The molecule has 1 rings (SSSR count). The third-order valence-corrected chi connectivity index (χ3v) is 3.56. The molecule has 124 valence electrons. The zero-order valence-corrected chi connectivity index (χ0v) is 14.1. The smallest absolute Gasteiger partial charge is 0.305 e. The number of carbonyl (C=O) groups excluding carboxylic acids is 1. The lowest BCUT2D eigenvalue weighted by Crippen LogP contribution is -2.34. The Hall–Kier alpha value is -1.85. The molecule has 0 aromatic carbocycles. The maximum atomic E-state index is 11.9. The van der Waals surface area contributed by atoms with Crippen molar-refractivity contribution in [3.05, 3.63) is 17.0 Å². The molecule has 0 radical (unpaired) electrons. The first-order valence-electron chi connectivity index (χ1n) is 7.74. The molecule has 0 fully saturated rings. The van der Waals surface area contributed by atoms with Gasteiger partial charge in [-0.25, -0.2) is 0 Å². The van der Waals surface area contributed by atoms with Gasteiger partial charge in [-0.3, -0.25) is 14.3 Å². The van der Waals surface area contributed by atoms with E-state index in [9.17, 15) is 9.59 Å². The highest BCUT2D eigenvalue weighted by atomic mass is 16.4. The Morgan fingerprint density at radius 3 is 2.45 bits per heavy atom. The number of rotatable bonds is 8. The minimum atomic E-state index is -0.908. The van der Waals surface area contributed by atoms with Crippen molar-refractivity contribution in [2.45, 2.75) is 66.5 Å². The van der Waals surface area contributed by atoms with E-state index in [-0.39, 0.29) is 18.4 Å². The van der Waals surface area contributed by atoms with Gasteiger partial charge in [0.15, 0.2) is 0 Å². The first-order valence-corrected chi connectivity index (χ1v) is 7.74. The number of carboxylic acids is 1. The van der Waals surface area contributed by atoms with E-state index in [1.165, 1.54) is 0 Å². The van der Waals surface area contributed by atoms with Crippen molar-refractivity contribution < 1.29 is 14.7 Å². The fourth-order valence-electron chi connectivity index (χ4n) is 2.52. The number of carboxylic acid groups (broad SMARTS) is 1. The molecule has 1 aromatic rings. The number of amides is 1. The van der Waals surface area contributed by atoms with Crippen LogP contribution in [0.4, 0.5) is 0 Å². The van der Waals surface area contributed by atoms with E-state index < -0.39 is 5.97 Å². The lowest BCUT2D eigenvalue weighted by Gasteiger charge is -2.11. The molecule has 2 N–H and O–H groups in total. The van der Waals surface area contributed by atoms with Crippen molar-refractivity contribution in [3.8, 4) is 0 Å². The van der Waals surface area contributed by atoms with Crippen molar-refractivity contribution in [1.82, 2.24) is 15.1 Å². The minimum Gasteiger partial charge on any atom is -0.481 e. The Morgan fingerprint density at radius 2 is 1.91 bits per heavy atom. The molecule has 0 aliphatic heterocycles. The molecule has 0 aliphatic carbocycles. The molecule has 1 amide bonds. The number of aromatic nitrogens is 2. The summed E-state index contributed by atoms with van der Waals surface area (Å²) < 4.78 is 2.00. The molecular formula is C16H27N3O3. The van der Waals surface area contributed by atoms with Crippen molar-refractivity contribution in [3.63, 3.8) is 0 Å². The quantitative estimate of drug-likeness (QED) is 0.770. The van der Waals surface area contributed by atoms with Crippen molar-refractivity contribution in [2.24, 2.45) is 5.92 Å². The molecule has 6 heteroatoms. The Morgan fingerprint density at radius 1 is 1.27 bits per heavy atom. The van der Waals surface area contributed by atoms with E-state index in [2.05, 4.69) is 24.3 Å². The lowest BCUT2D eigenvalue weighted by atomic mass is 10.1. The van der Waals surface area contributed by atoms with Gasteiger partial charge in [-0.15, -0.1) is 0 Å². The van der Waals surface area contributed by atoms with Gasteiger partial charge in [-0.2, -0.15) is 5.10 Å². The molecule has 22 heavy (non-hydrogen) atoms. The standard InChI is InChI=1S/C16H27N3O3/c1-10(2)9-19-13(5)14(12(4)18-19)6-7-15(20)17-11(3)8-16(21)22/h10-11H,6-9H2,1-5H3,(H,17,20)(H,21,22)/t11-/m0/s1. The van der Waals surface area contributed by atoms with Gasteiger partial charge in [0.05, 0.1) is 12.1 Å². The van der Waals surface area contributed by atoms with Crippen LogP contribution in [0.3, 0.4) is 0 Å². The number of aryl methyl sites for hydroxylation is 1. The van der Waals surface area contributed by atoms with Crippen LogP contribution in [0.2, 0.25) is 0 Å².